The number of nitrogens with zero attached hydrogens (tertiary/aromatic N) is 2. The highest BCUT2D eigenvalue weighted by Crippen LogP contribution is 2.16. The van der Waals surface area contributed by atoms with Crippen LogP contribution in [-0.2, 0) is 13.6 Å². The van der Waals surface area contributed by atoms with E-state index in [0.717, 1.165) is 16.5 Å². The summed E-state index contributed by atoms with van der Waals surface area (Å²) in [6.07, 6.45) is 0. The molecule has 0 aliphatic heterocycles. The molecular weight excluding hydrogens is 202 g/mol. The van der Waals surface area contributed by atoms with E-state index in [1.165, 1.54) is 0 Å². The third-order valence-electron chi connectivity index (χ3n) is 3.02. The van der Waals surface area contributed by atoms with Gasteiger partial charge in [0, 0.05) is 19.6 Å². The third kappa shape index (κ3) is 1.46. The first-order chi connectivity index (χ1) is 7.56. The van der Waals surface area contributed by atoms with Gasteiger partial charge in [0.05, 0.1) is 10.9 Å². The van der Waals surface area contributed by atoms with Crippen molar-refractivity contribution in [2.75, 3.05) is 0 Å². The molecule has 0 spiro atoms. The van der Waals surface area contributed by atoms with Crippen LogP contribution in [0.25, 0.3) is 10.9 Å². The van der Waals surface area contributed by atoms with Crippen molar-refractivity contribution < 1.29 is 0 Å². The number of hydrogen-bond acceptors (Lipinski definition) is 2. The van der Waals surface area contributed by atoms with Crippen molar-refractivity contribution in [3.8, 4) is 0 Å². The molecular formula is C12H17N3O. The van der Waals surface area contributed by atoms with E-state index in [4.69, 9.17) is 5.73 Å². The van der Waals surface area contributed by atoms with Crippen LogP contribution in [0.15, 0.2) is 23.0 Å². The Morgan fingerprint density at radius 1 is 1.44 bits per heavy atom. The smallest absolute Gasteiger partial charge is 0.274 e. The first-order valence-corrected chi connectivity index (χ1v) is 5.51. The van der Waals surface area contributed by atoms with Crippen LogP contribution in [0.1, 0.15) is 25.5 Å². The predicted octanol–water partition coefficient (Wildman–Crippen LogP) is 1.38. The zero-order valence-corrected chi connectivity index (χ0v) is 9.90. The number of aryl methyl sites for hydroxylation is 1. The molecule has 86 valence electrons. The summed E-state index contributed by atoms with van der Waals surface area (Å²) in [5.74, 6) is 0. The minimum absolute atomic E-state index is 0.0425. The maximum absolute atomic E-state index is 12.1. The first kappa shape index (κ1) is 11.0. The highest BCUT2D eigenvalue weighted by Gasteiger charge is 2.10. The molecule has 1 aromatic carbocycles. The molecule has 1 heterocycles. The number of aromatic nitrogens is 2. The lowest BCUT2D eigenvalue weighted by atomic mass is 10.1. The van der Waals surface area contributed by atoms with Gasteiger partial charge in [0.2, 0.25) is 0 Å². The molecule has 4 heteroatoms. The van der Waals surface area contributed by atoms with Gasteiger partial charge in [0.1, 0.15) is 0 Å². The van der Waals surface area contributed by atoms with E-state index in [1.807, 2.05) is 43.8 Å². The van der Waals surface area contributed by atoms with Crippen molar-refractivity contribution in [3.05, 3.63) is 34.1 Å². The summed E-state index contributed by atoms with van der Waals surface area (Å²) in [6.45, 7) is 4.56. The maximum Gasteiger partial charge on any atom is 0.274 e. The summed E-state index contributed by atoms with van der Waals surface area (Å²) in [6, 6.07) is 5.79. The molecule has 0 radical (unpaired) electrons. The molecule has 0 saturated heterocycles. The van der Waals surface area contributed by atoms with Crippen molar-refractivity contribution >= 4 is 10.9 Å². The Bertz CT molecular complexity index is 578. The second-order valence-corrected chi connectivity index (χ2v) is 4.11. The van der Waals surface area contributed by atoms with Gasteiger partial charge in [-0.3, -0.25) is 14.2 Å². The fraction of sp³-hybridized carbons (Fsp3) is 0.417. The molecule has 0 aliphatic rings. The minimum Gasteiger partial charge on any atom is -0.324 e. The molecule has 1 unspecified atom stereocenters. The summed E-state index contributed by atoms with van der Waals surface area (Å²) < 4.78 is 3.61. The molecule has 0 amide bonds. The second-order valence-electron chi connectivity index (χ2n) is 4.11. The van der Waals surface area contributed by atoms with Gasteiger partial charge in [-0.2, -0.15) is 0 Å². The average Bonchev–Trinajstić information content (AvgIpc) is 2.51. The summed E-state index contributed by atoms with van der Waals surface area (Å²) in [7, 11) is 1.90. The first-order valence-electron chi connectivity index (χ1n) is 5.51. The quantitative estimate of drug-likeness (QED) is 0.829. The molecule has 1 atom stereocenters. The number of rotatable bonds is 2. The number of hydrogen-bond donors (Lipinski definition) is 1. The average molecular weight is 219 g/mol. The van der Waals surface area contributed by atoms with Gasteiger partial charge < -0.3 is 5.73 Å². The minimum atomic E-state index is -0.0425. The van der Waals surface area contributed by atoms with Gasteiger partial charge in [-0.05, 0) is 31.5 Å². The Morgan fingerprint density at radius 3 is 2.69 bits per heavy atom. The van der Waals surface area contributed by atoms with Crippen molar-refractivity contribution in [1.82, 2.24) is 9.36 Å². The van der Waals surface area contributed by atoms with Gasteiger partial charge in [0.15, 0.2) is 0 Å². The molecule has 0 fully saturated rings. The normalized spacial score (nSPS) is 13.2. The molecule has 16 heavy (non-hydrogen) atoms. The van der Waals surface area contributed by atoms with Crippen LogP contribution < -0.4 is 11.3 Å². The zero-order chi connectivity index (χ0) is 11.9. The van der Waals surface area contributed by atoms with E-state index < -0.39 is 0 Å². The zero-order valence-electron chi connectivity index (χ0n) is 9.90. The maximum atomic E-state index is 12.1. The van der Waals surface area contributed by atoms with Gasteiger partial charge >= 0.3 is 0 Å². The summed E-state index contributed by atoms with van der Waals surface area (Å²) in [5.41, 5.74) is 7.83. The predicted molar refractivity (Wildman–Crippen MR) is 65.5 cm³/mol. The van der Waals surface area contributed by atoms with Crippen molar-refractivity contribution in [1.29, 1.82) is 0 Å². The van der Waals surface area contributed by atoms with Crippen LogP contribution >= 0.6 is 0 Å². The largest absolute Gasteiger partial charge is 0.324 e. The van der Waals surface area contributed by atoms with Gasteiger partial charge in [-0.15, -0.1) is 0 Å². The van der Waals surface area contributed by atoms with Crippen molar-refractivity contribution in [2.24, 2.45) is 12.8 Å². The Morgan fingerprint density at radius 2 is 2.12 bits per heavy atom. The van der Waals surface area contributed by atoms with E-state index in [1.54, 1.807) is 4.68 Å². The molecule has 2 aromatic rings. The number of nitrogens with two attached hydrogens (primary N) is 1. The lowest BCUT2D eigenvalue weighted by Gasteiger charge is -2.05. The second kappa shape index (κ2) is 3.79. The summed E-state index contributed by atoms with van der Waals surface area (Å²) in [5, 5.41) is 0.749. The van der Waals surface area contributed by atoms with Crippen molar-refractivity contribution in [2.45, 2.75) is 26.4 Å². The highest BCUT2D eigenvalue weighted by atomic mass is 16.1. The van der Waals surface area contributed by atoms with Crippen LogP contribution in [-0.4, -0.2) is 9.36 Å². The third-order valence-corrected chi connectivity index (χ3v) is 3.02. The number of fused-ring (bicyclic) bond motifs is 1. The molecule has 1 aromatic heterocycles. The fourth-order valence-electron chi connectivity index (χ4n) is 2.05. The van der Waals surface area contributed by atoms with Crippen molar-refractivity contribution in [3.63, 3.8) is 0 Å². The molecule has 0 saturated carbocycles. The lowest BCUT2D eigenvalue weighted by Crippen LogP contribution is -2.19. The van der Waals surface area contributed by atoms with Crippen LogP contribution in [0.5, 0.6) is 0 Å². The molecule has 0 bridgehead atoms. The van der Waals surface area contributed by atoms with E-state index in [-0.39, 0.29) is 11.6 Å². The summed E-state index contributed by atoms with van der Waals surface area (Å²) >= 11 is 0. The van der Waals surface area contributed by atoms with E-state index >= 15 is 0 Å². The molecule has 0 aliphatic carbocycles. The van der Waals surface area contributed by atoms with Crippen LogP contribution in [0.2, 0.25) is 0 Å². The Balaban J connectivity index is 2.79. The monoisotopic (exact) mass is 219 g/mol. The topological polar surface area (TPSA) is 52.9 Å². The molecule has 4 nitrogen and oxygen atoms in total. The number of benzene rings is 1. The van der Waals surface area contributed by atoms with E-state index in [2.05, 4.69) is 0 Å². The Labute approximate surface area is 94.3 Å². The Kier molecular flexibility index (Phi) is 2.59. The van der Waals surface area contributed by atoms with Crippen LogP contribution in [0, 0.1) is 0 Å². The van der Waals surface area contributed by atoms with E-state index in [9.17, 15) is 4.79 Å². The highest BCUT2D eigenvalue weighted by molar-refractivity contribution is 5.79. The van der Waals surface area contributed by atoms with E-state index in [0.29, 0.717) is 6.54 Å². The molecule has 2 rings (SSSR count). The summed E-state index contributed by atoms with van der Waals surface area (Å²) in [4.78, 5) is 12.1. The SMILES string of the molecule is CCn1c(=O)c2cc(C(C)N)ccc2n1C. The Hall–Kier alpha value is -1.55. The van der Waals surface area contributed by atoms with Gasteiger partial charge in [-0.1, -0.05) is 6.07 Å². The van der Waals surface area contributed by atoms with Crippen LogP contribution in [0.3, 0.4) is 0 Å². The standard InChI is InChI=1S/C12H17N3O/c1-4-15-12(16)10-7-9(8(2)13)5-6-11(10)14(15)3/h5-8H,4,13H2,1-3H3. The molecule has 2 N–H and O–H groups in total. The van der Waals surface area contributed by atoms with Gasteiger partial charge in [0.25, 0.3) is 5.56 Å². The lowest BCUT2D eigenvalue weighted by molar-refractivity contribution is 0.532. The van der Waals surface area contributed by atoms with Gasteiger partial charge in [-0.25, -0.2) is 0 Å². The fourth-order valence-corrected chi connectivity index (χ4v) is 2.05. The van der Waals surface area contributed by atoms with Crippen LogP contribution in [0.4, 0.5) is 0 Å².